The molecule has 0 aliphatic rings. The maximum Gasteiger partial charge on any atom is 0.124 e. The summed E-state index contributed by atoms with van der Waals surface area (Å²) >= 11 is 3.47. The summed E-state index contributed by atoms with van der Waals surface area (Å²) < 4.78 is 7.27. The summed E-state index contributed by atoms with van der Waals surface area (Å²) in [7, 11) is 0. The van der Waals surface area contributed by atoms with Crippen molar-refractivity contribution in [2.45, 2.75) is 13.2 Å². The predicted octanol–water partition coefficient (Wildman–Crippen LogP) is 6.79. The van der Waals surface area contributed by atoms with Crippen molar-refractivity contribution in [2.24, 2.45) is 0 Å². The molecular weight excluding hydrogens is 398 g/mol. The van der Waals surface area contributed by atoms with Crippen LogP contribution in [0.4, 0.5) is 5.69 Å². The minimum absolute atomic E-state index is 0.552. The number of ether oxygens (including phenoxy) is 1. The van der Waals surface area contributed by atoms with Crippen molar-refractivity contribution < 1.29 is 4.74 Å². The molecule has 27 heavy (non-hydrogen) atoms. The molecule has 3 heteroatoms. The first-order chi connectivity index (χ1) is 13.3. The third kappa shape index (κ3) is 4.32. The zero-order valence-electron chi connectivity index (χ0n) is 14.9. The summed E-state index contributed by atoms with van der Waals surface area (Å²) in [4.78, 5) is 0. The molecule has 0 radical (unpaired) electrons. The molecule has 0 amide bonds. The van der Waals surface area contributed by atoms with Gasteiger partial charge in [0.2, 0.25) is 0 Å². The van der Waals surface area contributed by atoms with E-state index in [1.54, 1.807) is 0 Å². The van der Waals surface area contributed by atoms with Gasteiger partial charge in [-0.15, -0.1) is 0 Å². The molecule has 0 fully saturated rings. The first-order valence-electron chi connectivity index (χ1n) is 8.96. The summed E-state index contributed by atoms with van der Waals surface area (Å²) in [6, 6.07) is 31.1. The molecule has 2 nitrogen and oxygen atoms in total. The van der Waals surface area contributed by atoms with Crippen LogP contribution < -0.4 is 10.1 Å². The number of benzene rings is 4. The summed E-state index contributed by atoms with van der Waals surface area (Å²) in [5.74, 6) is 0.912. The van der Waals surface area contributed by atoms with Gasteiger partial charge in [-0.2, -0.15) is 0 Å². The predicted molar refractivity (Wildman–Crippen MR) is 116 cm³/mol. The molecule has 0 aromatic heterocycles. The van der Waals surface area contributed by atoms with E-state index in [-0.39, 0.29) is 0 Å². The van der Waals surface area contributed by atoms with E-state index in [0.717, 1.165) is 21.5 Å². The third-order valence-corrected chi connectivity index (χ3v) is 5.09. The van der Waals surface area contributed by atoms with Crippen LogP contribution in [0.15, 0.2) is 95.5 Å². The van der Waals surface area contributed by atoms with Crippen molar-refractivity contribution in [3.05, 3.63) is 107 Å². The topological polar surface area (TPSA) is 21.3 Å². The van der Waals surface area contributed by atoms with Crippen LogP contribution >= 0.6 is 15.9 Å². The molecule has 1 N–H and O–H groups in total. The standard InChI is InChI=1S/C24H20BrNO/c25-21-12-14-22(15-13-21)26-16-19-7-2-4-11-24(19)27-17-20-9-5-8-18-6-1-3-10-23(18)20/h1-15,26H,16-17H2. The highest BCUT2D eigenvalue weighted by Gasteiger charge is 2.06. The van der Waals surface area contributed by atoms with Gasteiger partial charge in [-0.05, 0) is 46.7 Å². The van der Waals surface area contributed by atoms with Gasteiger partial charge in [-0.1, -0.05) is 76.6 Å². The van der Waals surface area contributed by atoms with Crippen molar-refractivity contribution in [2.75, 3.05) is 5.32 Å². The Labute approximate surface area is 167 Å². The van der Waals surface area contributed by atoms with Crippen molar-refractivity contribution in [3.8, 4) is 5.75 Å². The van der Waals surface area contributed by atoms with Crippen molar-refractivity contribution in [1.82, 2.24) is 0 Å². The number of hydrogen-bond acceptors (Lipinski definition) is 2. The second kappa shape index (κ2) is 8.28. The molecule has 134 valence electrons. The lowest BCUT2D eigenvalue weighted by molar-refractivity contribution is 0.304. The number of fused-ring (bicyclic) bond motifs is 1. The quantitative estimate of drug-likeness (QED) is 0.372. The maximum absolute atomic E-state index is 6.19. The van der Waals surface area contributed by atoms with Crippen LogP contribution in [0.25, 0.3) is 10.8 Å². The highest BCUT2D eigenvalue weighted by atomic mass is 79.9. The van der Waals surface area contributed by atoms with E-state index in [1.807, 2.05) is 30.3 Å². The number of nitrogens with one attached hydrogen (secondary N) is 1. The second-order valence-corrected chi connectivity index (χ2v) is 7.31. The van der Waals surface area contributed by atoms with Gasteiger partial charge in [-0.25, -0.2) is 0 Å². The molecule has 0 spiro atoms. The number of hydrogen-bond donors (Lipinski definition) is 1. The maximum atomic E-state index is 6.19. The molecular formula is C24H20BrNO. The SMILES string of the molecule is Brc1ccc(NCc2ccccc2OCc2cccc3ccccc23)cc1. The Balaban J connectivity index is 1.48. The lowest BCUT2D eigenvalue weighted by Crippen LogP contribution is -2.04. The number of anilines is 1. The normalized spacial score (nSPS) is 10.7. The minimum Gasteiger partial charge on any atom is -0.489 e. The first-order valence-corrected chi connectivity index (χ1v) is 9.76. The molecule has 0 unspecified atom stereocenters. The monoisotopic (exact) mass is 417 g/mol. The minimum atomic E-state index is 0.552. The van der Waals surface area contributed by atoms with Crippen LogP contribution in [0.1, 0.15) is 11.1 Å². The zero-order valence-corrected chi connectivity index (χ0v) is 16.4. The molecule has 4 aromatic carbocycles. The summed E-state index contributed by atoms with van der Waals surface area (Å²) in [6.45, 7) is 1.27. The van der Waals surface area contributed by atoms with Gasteiger partial charge in [0.05, 0.1) is 0 Å². The van der Waals surface area contributed by atoms with Crippen molar-refractivity contribution in [1.29, 1.82) is 0 Å². The number of para-hydroxylation sites is 1. The zero-order chi connectivity index (χ0) is 18.5. The van der Waals surface area contributed by atoms with Crippen LogP contribution in [-0.2, 0) is 13.2 Å². The van der Waals surface area contributed by atoms with E-state index < -0.39 is 0 Å². The van der Waals surface area contributed by atoms with Gasteiger partial charge < -0.3 is 10.1 Å². The van der Waals surface area contributed by atoms with E-state index in [0.29, 0.717) is 13.2 Å². The third-order valence-electron chi connectivity index (χ3n) is 4.56. The van der Waals surface area contributed by atoms with Gasteiger partial charge in [0.25, 0.3) is 0 Å². The van der Waals surface area contributed by atoms with Gasteiger partial charge >= 0.3 is 0 Å². The Morgan fingerprint density at radius 2 is 1.41 bits per heavy atom. The van der Waals surface area contributed by atoms with E-state index in [4.69, 9.17) is 4.74 Å². The van der Waals surface area contributed by atoms with E-state index in [9.17, 15) is 0 Å². The smallest absolute Gasteiger partial charge is 0.124 e. The van der Waals surface area contributed by atoms with Crippen LogP contribution in [0.5, 0.6) is 5.75 Å². The highest BCUT2D eigenvalue weighted by Crippen LogP contribution is 2.24. The molecule has 0 heterocycles. The van der Waals surface area contributed by atoms with Gasteiger partial charge in [0, 0.05) is 22.3 Å². The fourth-order valence-electron chi connectivity index (χ4n) is 3.13. The van der Waals surface area contributed by atoms with Gasteiger partial charge in [0.1, 0.15) is 12.4 Å². The molecule has 0 saturated carbocycles. The van der Waals surface area contributed by atoms with Crippen molar-refractivity contribution >= 4 is 32.4 Å². The van der Waals surface area contributed by atoms with E-state index >= 15 is 0 Å². The Hall–Kier alpha value is -2.78. The van der Waals surface area contributed by atoms with E-state index in [1.165, 1.54) is 16.3 Å². The summed E-state index contributed by atoms with van der Waals surface area (Å²) in [6.07, 6.45) is 0. The van der Waals surface area contributed by atoms with E-state index in [2.05, 4.69) is 81.9 Å². The molecule has 0 saturated heterocycles. The Morgan fingerprint density at radius 1 is 0.704 bits per heavy atom. The molecule has 0 aliphatic heterocycles. The average molecular weight is 418 g/mol. The summed E-state index contributed by atoms with van der Waals surface area (Å²) in [5.41, 5.74) is 3.42. The summed E-state index contributed by atoms with van der Waals surface area (Å²) in [5, 5.41) is 5.94. The van der Waals surface area contributed by atoms with Crippen LogP contribution in [-0.4, -0.2) is 0 Å². The Morgan fingerprint density at radius 3 is 2.30 bits per heavy atom. The fraction of sp³-hybridized carbons (Fsp3) is 0.0833. The molecule has 0 bridgehead atoms. The second-order valence-electron chi connectivity index (χ2n) is 6.40. The van der Waals surface area contributed by atoms with Gasteiger partial charge in [0.15, 0.2) is 0 Å². The number of rotatable bonds is 6. The molecule has 0 aliphatic carbocycles. The highest BCUT2D eigenvalue weighted by molar-refractivity contribution is 9.10. The van der Waals surface area contributed by atoms with Crippen molar-refractivity contribution in [3.63, 3.8) is 0 Å². The van der Waals surface area contributed by atoms with Crippen LogP contribution in [0.3, 0.4) is 0 Å². The Kier molecular flexibility index (Phi) is 5.40. The lowest BCUT2D eigenvalue weighted by atomic mass is 10.1. The van der Waals surface area contributed by atoms with Crippen LogP contribution in [0, 0.1) is 0 Å². The molecule has 4 rings (SSSR count). The molecule has 4 aromatic rings. The average Bonchev–Trinajstić information content (AvgIpc) is 2.72. The van der Waals surface area contributed by atoms with Crippen LogP contribution in [0.2, 0.25) is 0 Å². The number of halogens is 1. The van der Waals surface area contributed by atoms with Gasteiger partial charge in [-0.3, -0.25) is 0 Å². The largest absolute Gasteiger partial charge is 0.489 e. The fourth-order valence-corrected chi connectivity index (χ4v) is 3.39. The Bertz CT molecular complexity index is 1040. The molecule has 0 atom stereocenters. The lowest BCUT2D eigenvalue weighted by Gasteiger charge is -2.14. The first kappa shape index (κ1) is 17.6.